The molecule has 0 heteroatoms. The smallest absolute Gasteiger partial charge is 0.0388 e. The van der Waals surface area contributed by atoms with Crippen LogP contribution in [0.25, 0.3) is 0 Å². The first kappa shape index (κ1) is 13.1. The molecule has 3 atom stereocenters. The molecule has 15 heavy (non-hydrogen) atoms. The van der Waals surface area contributed by atoms with Crippen LogP contribution in [0.3, 0.4) is 0 Å². The third kappa shape index (κ3) is 5.04. The van der Waals surface area contributed by atoms with Crippen LogP contribution in [0.5, 0.6) is 0 Å². The fraction of sp³-hybridized carbons (Fsp3) is 1.00. The second kappa shape index (κ2) is 7.30. The van der Waals surface area contributed by atoms with E-state index in [9.17, 15) is 0 Å². The van der Waals surface area contributed by atoms with E-state index in [0.717, 1.165) is 17.8 Å². The van der Waals surface area contributed by atoms with Gasteiger partial charge in [-0.1, -0.05) is 72.1 Å². The fourth-order valence-electron chi connectivity index (χ4n) is 3.10. The van der Waals surface area contributed by atoms with Gasteiger partial charge in [0.25, 0.3) is 0 Å². The molecule has 0 saturated heterocycles. The van der Waals surface area contributed by atoms with E-state index in [-0.39, 0.29) is 0 Å². The highest BCUT2D eigenvalue weighted by Gasteiger charge is 2.18. The highest BCUT2D eigenvalue weighted by atomic mass is 14.2. The van der Waals surface area contributed by atoms with E-state index in [1.54, 1.807) is 0 Å². The molecule has 0 radical (unpaired) electrons. The molecule has 1 aliphatic carbocycles. The van der Waals surface area contributed by atoms with E-state index in [4.69, 9.17) is 0 Å². The first-order chi connectivity index (χ1) is 7.24. The third-order valence-corrected chi connectivity index (χ3v) is 4.35. The van der Waals surface area contributed by atoms with E-state index in [1.165, 1.54) is 57.8 Å². The Balaban J connectivity index is 2.42. The molecular weight excluding hydrogens is 180 g/mol. The van der Waals surface area contributed by atoms with Gasteiger partial charge in [-0.05, 0) is 24.2 Å². The van der Waals surface area contributed by atoms with Crippen LogP contribution in [0.1, 0.15) is 78.6 Å². The Hall–Kier alpha value is 0. The lowest BCUT2D eigenvalue weighted by Gasteiger charge is -2.26. The highest BCUT2D eigenvalue weighted by molar-refractivity contribution is 4.70. The monoisotopic (exact) mass is 210 g/mol. The van der Waals surface area contributed by atoms with Crippen molar-refractivity contribution in [3.8, 4) is 0 Å². The van der Waals surface area contributed by atoms with E-state index in [1.807, 2.05) is 0 Å². The molecule has 0 aromatic carbocycles. The lowest BCUT2D eigenvalue weighted by Crippen LogP contribution is -2.14. The third-order valence-electron chi connectivity index (χ3n) is 4.35. The summed E-state index contributed by atoms with van der Waals surface area (Å²) < 4.78 is 0. The summed E-state index contributed by atoms with van der Waals surface area (Å²) in [6, 6.07) is 0. The molecule has 1 rings (SSSR count). The molecule has 3 unspecified atom stereocenters. The zero-order valence-electron chi connectivity index (χ0n) is 11.1. The Bertz CT molecular complexity index is 150. The number of hydrogen-bond donors (Lipinski definition) is 0. The average Bonchev–Trinajstić information content (AvgIpc) is 2.22. The minimum Gasteiger partial charge on any atom is -0.0654 e. The topological polar surface area (TPSA) is 0 Å². The summed E-state index contributed by atoms with van der Waals surface area (Å²) in [7, 11) is 0. The lowest BCUT2D eigenvalue weighted by atomic mass is 9.80. The summed E-state index contributed by atoms with van der Waals surface area (Å²) in [5, 5.41) is 0. The van der Waals surface area contributed by atoms with Crippen LogP contribution in [0, 0.1) is 17.8 Å². The summed E-state index contributed by atoms with van der Waals surface area (Å²) in [6.45, 7) is 7.29. The summed E-state index contributed by atoms with van der Waals surface area (Å²) in [6.07, 6.45) is 13.2. The van der Waals surface area contributed by atoms with Crippen molar-refractivity contribution in [2.24, 2.45) is 17.8 Å². The first-order valence-electron chi connectivity index (χ1n) is 7.24. The summed E-state index contributed by atoms with van der Waals surface area (Å²) in [5.41, 5.74) is 0. The van der Waals surface area contributed by atoms with Crippen LogP contribution < -0.4 is 0 Å². The molecule has 0 aromatic heterocycles. The SMILES string of the molecule is CCCC1CCC(C)CCCCCC1C. The maximum Gasteiger partial charge on any atom is -0.0388 e. The van der Waals surface area contributed by atoms with E-state index in [2.05, 4.69) is 20.8 Å². The van der Waals surface area contributed by atoms with E-state index in [0.29, 0.717) is 0 Å². The Labute approximate surface area is 96.8 Å². The van der Waals surface area contributed by atoms with Crippen molar-refractivity contribution in [3.63, 3.8) is 0 Å². The second-order valence-corrected chi connectivity index (χ2v) is 5.85. The number of hydrogen-bond acceptors (Lipinski definition) is 0. The van der Waals surface area contributed by atoms with Gasteiger partial charge in [0.05, 0.1) is 0 Å². The second-order valence-electron chi connectivity index (χ2n) is 5.85. The minimum atomic E-state index is 0.981. The minimum absolute atomic E-state index is 0.981. The molecule has 90 valence electrons. The van der Waals surface area contributed by atoms with Crippen molar-refractivity contribution in [3.05, 3.63) is 0 Å². The Kier molecular flexibility index (Phi) is 6.36. The summed E-state index contributed by atoms with van der Waals surface area (Å²) >= 11 is 0. The van der Waals surface area contributed by atoms with Crippen molar-refractivity contribution in [1.29, 1.82) is 0 Å². The molecule has 0 spiro atoms. The van der Waals surface area contributed by atoms with Gasteiger partial charge in [-0.3, -0.25) is 0 Å². The highest BCUT2D eigenvalue weighted by Crippen LogP contribution is 2.31. The molecule has 0 N–H and O–H groups in total. The molecule has 1 saturated carbocycles. The van der Waals surface area contributed by atoms with Crippen LogP contribution in [-0.4, -0.2) is 0 Å². The molecule has 0 amide bonds. The quantitative estimate of drug-likeness (QED) is 0.571. The van der Waals surface area contributed by atoms with Crippen molar-refractivity contribution in [2.75, 3.05) is 0 Å². The molecule has 0 aromatic rings. The Morgan fingerprint density at radius 3 is 2.33 bits per heavy atom. The Morgan fingerprint density at radius 2 is 1.60 bits per heavy atom. The molecule has 0 bridgehead atoms. The van der Waals surface area contributed by atoms with Gasteiger partial charge in [0.1, 0.15) is 0 Å². The van der Waals surface area contributed by atoms with Crippen LogP contribution in [-0.2, 0) is 0 Å². The van der Waals surface area contributed by atoms with Crippen LogP contribution in [0.15, 0.2) is 0 Å². The van der Waals surface area contributed by atoms with Gasteiger partial charge in [0.2, 0.25) is 0 Å². The van der Waals surface area contributed by atoms with E-state index < -0.39 is 0 Å². The Morgan fingerprint density at radius 1 is 0.867 bits per heavy atom. The fourth-order valence-corrected chi connectivity index (χ4v) is 3.10. The predicted molar refractivity (Wildman–Crippen MR) is 69.0 cm³/mol. The molecule has 1 aliphatic rings. The molecule has 0 nitrogen and oxygen atoms in total. The van der Waals surface area contributed by atoms with Crippen LogP contribution >= 0.6 is 0 Å². The van der Waals surface area contributed by atoms with Crippen LogP contribution in [0.2, 0.25) is 0 Å². The normalized spacial score (nSPS) is 35.0. The van der Waals surface area contributed by atoms with Crippen molar-refractivity contribution in [2.45, 2.75) is 78.6 Å². The lowest BCUT2D eigenvalue weighted by molar-refractivity contribution is 0.254. The molecule has 0 heterocycles. The maximum atomic E-state index is 2.49. The van der Waals surface area contributed by atoms with Gasteiger partial charge in [0.15, 0.2) is 0 Å². The largest absolute Gasteiger partial charge is 0.0654 e. The summed E-state index contributed by atoms with van der Waals surface area (Å²) in [4.78, 5) is 0. The van der Waals surface area contributed by atoms with Gasteiger partial charge < -0.3 is 0 Å². The number of rotatable bonds is 2. The molecule has 0 aliphatic heterocycles. The molecular formula is C15H30. The van der Waals surface area contributed by atoms with Gasteiger partial charge in [-0.2, -0.15) is 0 Å². The van der Waals surface area contributed by atoms with Gasteiger partial charge in [-0.15, -0.1) is 0 Å². The average molecular weight is 210 g/mol. The molecule has 1 fully saturated rings. The standard InChI is InChI=1S/C15H30/c1-4-8-15-12-11-13(2)9-6-5-7-10-14(15)3/h13-15H,4-12H2,1-3H3. The van der Waals surface area contributed by atoms with Gasteiger partial charge in [-0.25, -0.2) is 0 Å². The zero-order chi connectivity index (χ0) is 11.1. The zero-order valence-corrected chi connectivity index (χ0v) is 11.1. The predicted octanol–water partition coefficient (Wildman–Crippen LogP) is 5.42. The van der Waals surface area contributed by atoms with Crippen LogP contribution in [0.4, 0.5) is 0 Å². The summed E-state index contributed by atoms with van der Waals surface area (Å²) in [5.74, 6) is 2.99. The van der Waals surface area contributed by atoms with Crippen molar-refractivity contribution < 1.29 is 0 Å². The maximum absolute atomic E-state index is 2.49. The van der Waals surface area contributed by atoms with Crippen molar-refractivity contribution >= 4 is 0 Å². The first-order valence-corrected chi connectivity index (χ1v) is 7.24. The van der Waals surface area contributed by atoms with Gasteiger partial charge >= 0.3 is 0 Å². The van der Waals surface area contributed by atoms with Crippen molar-refractivity contribution in [1.82, 2.24) is 0 Å². The van der Waals surface area contributed by atoms with E-state index >= 15 is 0 Å². The van der Waals surface area contributed by atoms with Gasteiger partial charge in [0, 0.05) is 0 Å².